The van der Waals surface area contributed by atoms with Crippen molar-refractivity contribution >= 4 is 11.6 Å². The molecular weight excluding hydrogens is 302 g/mol. The Labute approximate surface area is 143 Å². The summed E-state index contributed by atoms with van der Waals surface area (Å²) in [6.45, 7) is 5.63. The molecule has 1 saturated heterocycles. The molecule has 1 N–H and O–H groups in total. The lowest BCUT2D eigenvalue weighted by Gasteiger charge is -2.36. The Hall–Kier alpha value is -2.21. The van der Waals surface area contributed by atoms with E-state index in [0.717, 1.165) is 43.3 Å². The third-order valence-corrected chi connectivity index (χ3v) is 4.86. The Kier molecular flexibility index (Phi) is 4.66. The average Bonchev–Trinajstić information content (AvgIpc) is 2.61. The Morgan fingerprint density at radius 2 is 1.96 bits per heavy atom. The minimum atomic E-state index is -0.559. The molecule has 0 aliphatic carbocycles. The Balaban J connectivity index is 1.75. The maximum Gasteiger partial charge on any atom is 0.134 e. The molecule has 0 bridgehead atoms. The van der Waals surface area contributed by atoms with Crippen molar-refractivity contribution in [3.63, 3.8) is 0 Å². The highest BCUT2D eigenvalue weighted by atomic mass is 16.3. The predicted molar refractivity (Wildman–Crippen MR) is 95.2 cm³/mol. The normalized spacial score (nSPS) is 18.2. The average molecular weight is 327 g/mol. The van der Waals surface area contributed by atoms with Crippen LogP contribution in [0.3, 0.4) is 0 Å². The largest absolute Gasteiger partial charge is 0.390 e. The van der Waals surface area contributed by atoms with Crippen LogP contribution in [0.1, 0.15) is 38.4 Å². The molecule has 3 rings (SSSR count). The van der Waals surface area contributed by atoms with Crippen molar-refractivity contribution in [2.45, 2.75) is 38.3 Å². The molecule has 1 fully saturated rings. The van der Waals surface area contributed by atoms with Crippen molar-refractivity contribution < 1.29 is 5.11 Å². The Morgan fingerprint density at radius 1 is 1.21 bits per heavy atom. The summed E-state index contributed by atoms with van der Waals surface area (Å²) >= 11 is 0. The SMILES string of the molecule is C[C@H](c1ccccn1)N(C)c1cc(N2CCC(C)(O)CC2)ncn1. The fraction of sp³-hybridized carbons (Fsp3) is 0.500. The van der Waals surface area contributed by atoms with Gasteiger partial charge in [0.25, 0.3) is 0 Å². The monoisotopic (exact) mass is 327 g/mol. The van der Waals surface area contributed by atoms with E-state index in [-0.39, 0.29) is 6.04 Å². The van der Waals surface area contributed by atoms with Crippen molar-refractivity contribution in [2.75, 3.05) is 29.9 Å². The van der Waals surface area contributed by atoms with E-state index in [9.17, 15) is 5.11 Å². The van der Waals surface area contributed by atoms with Gasteiger partial charge in [-0.1, -0.05) is 6.07 Å². The number of hydrogen-bond acceptors (Lipinski definition) is 6. The molecule has 3 heterocycles. The minimum Gasteiger partial charge on any atom is -0.390 e. The first-order valence-electron chi connectivity index (χ1n) is 8.39. The van der Waals surface area contributed by atoms with Gasteiger partial charge in [-0.2, -0.15) is 0 Å². The molecule has 1 aliphatic rings. The predicted octanol–water partition coefficient (Wildman–Crippen LogP) is 2.42. The molecule has 0 amide bonds. The zero-order valence-corrected chi connectivity index (χ0v) is 14.6. The van der Waals surface area contributed by atoms with Crippen molar-refractivity contribution in [3.05, 3.63) is 42.5 Å². The van der Waals surface area contributed by atoms with Gasteiger partial charge in [0.15, 0.2) is 0 Å². The highest BCUT2D eigenvalue weighted by molar-refractivity contribution is 5.51. The van der Waals surface area contributed by atoms with Crippen LogP contribution >= 0.6 is 0 Å². The van der Waals surface area contributed by atoms with E-state index >= 15 is 0 Å². The van der Waals surface area contributed by atoms with E-state index in [1.54, 1.807) is 6.33 Å². The third-order valence-electron chi connectivity index (χ3n) is 4.86. The molecule has 0 saturated carbocycles. The van der Waals surface area contributed by atoms with Crippen LogP contribution < -0.4 is 9.80 Å². The van der Waals surface area contributed by atoms with Crippen LogP contribution in [0.2, 0.25) is 0 Å². The number of piperidine rings is 1. The number of rotatable bonds is 4. The molecule has 2 aromatic heterocycles. The fourth-order valence-electron chi connectivity index (χ4n) is 2.94. The van der Waals surface area contributed by atoms with Gasteiger partial charge in [-0.25, -0.2) is 9.97 Å². The van der Waals surface area contributed by atoms with Gasteiger partial charge in [0.1, 0.15) is 18.0 Å². The quantitative estimate of drug-likeness (QED) is 0.930. The van der Waals surface area contributed by atoms with E-state index in [0.29, 0.717) is 0 Å². The fourth-order valence-corrected chi connectivity index (χ4v) is 2.94. The van der Waals surface area contributed by atoms with Gasteiger partial charge in [0, 0.05) is 32.4 Å². The molecule has 2 aromatic rings. The summed E-state index contributed by atoms with van der Waals surface area (Å²) in [5.41, 5.74) is 0.450. The van der Waals surface area contributed by atoms with Crippen LogP contribution in [0.15, 0.2) is 36.8 Å². The van der Waals surface area contributed by atoms with Crippen molar-refractivity contribution in [2.24, 2.45) is 0 Å². The Morgan fingerprint density at radius 3 is 2.62 bits per heavy atom. The van der Waals surface area contributed by atoms with Gasteiger partial charge < -0.3 is 14.9 Å². The summed E-state index contributed by atoms with van der Waals surface area (Å²) < 4.78 is 0. The second kappa shape index (κ2) is 6.73. The van der Waals surface area contributed by atoms with E-state index in [1.807, 2.05) is 44.4 Å². The van der Waals surface area contributed by atoms with Gasteiger partial charge in [0.2, 0.25) is 0 Å². The van der Waals surface area contributed by atoms with Crippen LogP contribution in [0.5, 0.6) is 0 Å². The molecule has 6 heteroatoms. The standard InChI is InChI=1S/C18H25N5O/c1-14(15-6-4-5-9-19-15)22(3)16-12-17(21-13-20-16)23-10-7-18(2,24)8-11-23/h4-6,9,12-14,24H,7-8,10-11H2,1-3H3/t14-/m1/s1. The van der Waals surface area contributed by atoms with Crippen LogP contribution in [0.4, 0.5) is 11.6 Å². The molecule has 24 heavy (non-hydrogen) atoms. The number of pyridine rings is 1. The lowest BCUT2D eigenvalue weighted by molar-refractivity contribution is 0.0350. The zero-order chi connectivity index (χ0) is 17.2. The van der Waals surface area contributed by atoms with Crippen LogP contribution in [0, 0.1) is 0 Å². The van der Waals surface area contributed by atoms with Gasteiger partial charge in [-0.3, -0.25) is 4.98 Å². The second-order valence-corrected chi connectivity index (χ2v) is 6.76. The number of aromatic nitrogens is 3. The summed E-state index contributed by atoms with van der Waals surface area (Å²) in [6, 6.07) is 8.08. The summed E-state index contributed by atoms with van der Waals surface area (Å²) in [6.07, 6.45) is 4.93. The van der Waals surface area contributed by atoms with E-state index in [4.69, 9.17) is 0 Å². The van der Waals surface area contributed by atoms with Gasteiger partial charge in [-0.15, -0.1) is 0 Å². The maximum absolute atomic E-state index is 10.1. The minimum absolute atomic E-state index is 0.121. The molecule has 0 spiro atoms. The third kappa shape index (κ3) is 3.64. The highest BCUT2D eigenvalue weighted by Crippen LogP contribution is 2.28. The molecule has 6 nitrogen and oxygen atoms in total. The Bertz CT molecular complexity index is 666. The van der Waals surface area contributed by atoms with E-state index in [1.165, 1.54) is 0 Å². The van der Waals surface area contributed by atoms with Gasteiger partial charge in [-0.05, 0) is 38.8 Å². The van der Waals surface area contributed by atoms with Crippen molar-refractivity contribution in [1.82, 2.24) is 15.0 Å². The first kappa shape index (κ1) is 16.6. The van der Waals surface area contributed by atoms with Gasteiger partial charge in [0.05, 0.1) is 17.3 Å². The zero-order valence-electron chi connectivity index (χ0n) is 14.6. The number of anilines is 2. The molecule has 1 atom stereocenters. The molecule has 0 radical (unpaired) electrons. The number of aliphatic hydroxyl groups is 1. The first-order chi connectivity index (χ1) is 11.5. The van der Waals surface area contributed by atoms with E-state index < -0.39 is 5.60 Å². The summed E-state index contributed by atoms with van der Waals surface area (Å²) in [4.78, 5) is 17.6. The topological polar surface area (TPSA) is 65.4 Å². The highest BCUT2D eigenvalue weighted by Gasteiger charge is 2.28. The second-order valence-electron chi connectivity index (χ2n) is 6.76. The molecule has 0 aromatic carbocycles. The van der Waals surface area contributed by atoms with Crippen LogP contribution in [-0.2, 0) is 0 Å². The smallest absolute Gasteiger partial charge is 0.134 e. The van der Waals surface area contributed by atoms with E-state index in [2.05, 4.69) is 31.7 Å². The van der Waals surface area contributed by atoms with Crippen LogP contribution in [0.25, 0.3) is 0 Å². The van der Waals surface area contributed by atoms with Crippen molar-refractivity contribution in [3.8, 4) is 0 Å². The van der Waals surface area contributed by atoms with Gasteiger partial charge >= 0.3 is 0 Å². The molecule has 1 aliphatic heterocycles. The summed E-state index contributed by atoms with van der Waals surface area (Å²) in [5, 5.41) is 10.1. The number of nitrogens with zero attached hydrogens (tertiary/aromatic N) is 5. The summed E-state index contributed by atoms with van der Waals surface area (Å²) in [7, 11) is 2.02. The first-order valence-corrected chi connectivity index (χ1v) is 8.39. The molecular formula is C18H25N5O. The molecule has 128 valence electrons. The number of hydrogen-bond donors (Lipinski definition) is 1. The molecule has 0 unspecified atom stereocenters. The summed E-state index contributed by atoms with van der Waals surface area (Å²) in [5.74, 6) is 1.78. The lowest BCUT2D eigenvalue weighted by Crippen LogP contribution is -2.42. The maximum atomic E-state index is 10.1. The van der Waals surface area contributed by atoms with Crippen LogP contribution in [-0.4, -0.2) is 45.8 Å². The lowest BCUT2D eigenvalue weighted by atomic mass is 9.94. The van der Waals surface area contributed by atoms with Crippen molar-refractivity contribution in [1.29, 1.82) is 0 Å².